The van der Waals surface area contributed by atoms with Gasteiger partial charge in [0.25, 0.3) is 11.6 Å². The number of carbonyl (C=O) groups is 1. The van der Waals surface area contributed by atoms with Crippen molar-refractivity contribution in [2.24, 2.45) is 12.0 Å². The predicted octanol–water partition coefficient (Wildman–Crippen LogP) is 4.25. The molecule has 0 atom stereocenters. The Hall–Kier alpha value is -2.77. The van der Waals surface area contributed by atoms with E-state index < -0.39 is 10.8 Å². The van der Waals surface area contributed by atoms with Gasteiger partial charge in [0.1, 0.15) is 0 Å². The molecule has 0 N–H and O–H groups in total. The molecule has 1 aromatic heterocycles. The summed E-state index contributed by atoms with van der Waals surface area (Å²) in [5, 5.41) is 11.4. The maximum absolute atomic E-state index is 12.2. The SMILES string of the molecule is Cc1ccc(Cl)c2sc(=NC(=O)C=Cc3cccc([N+](=O)[O-])c3)n(C)c12. The van der Waals surface area contributed by atoms with Gasteiger partial charge in [0, 0.05) is 25.3 Å². The Labute approximate surface area is 157 Å². The Bertz CT molecular complexity index is 1130. The molecule has 0 bridgehead atoms. The zero-order valence-electron chi connectivity index (χ0n) is 14.0. The fourth-order valence-corrected chi connectivity index (χ4v) is 3.93. The van der Waals surface area contributed by atoms with E-state index in [-0.39, 0.29) is 5.69 Å². The second-order valence-corrected chi connectivity index (χ2v) is 7.01. The van der Waals surface area contributed by atoms with Gasteiger partial charge >= 0.3 is 0 Å². The van der Waals surface area contributed by atoms with Gasteiger partial charge < -0.3 is 4.57 Å². The number of benzene rings is 2. The van der Waals surface area contributed by atoms with Crippen molar-refractivity contribution in [2.45, 2.75) is 6.92 Å². The summed E-state index contributed by atoms with van der Waals surface area (Å²) in [7, 11) is 1.83. The second-order valence-electron chi connectivity index (χ2n) is 5.62. The number of nitro benzene ring substituents is 1. The molecule has 8 heteroatoms. The maximum Gasteiger partial charge on any atom is 0.272 e. The van der Waals surface area contributed by atoms with E-state index in [0.29, 0.717) is 15.4 Å². The molecule has 1 heterocycles. The van der Waals surface area contributed by atoms with E-state index in [1.165, 1.54) is 35.6 Å². The summed E-state index contributed by atoms with van der Waals surface area (Å²) in [5.74, 6) is -0.451. The highest BCUT2D eigenvalue weighted by Crippen LogP contribution is 2.28. The zero-order valence-corrected chi connectivity index (χ0v) is 15.5. The van der Waals surface area contributed by atoms with Crippen molar-refractivity contribution in [1.82, 2.24) is 4.57 Å². The van der Waals surface area contributed by atoms with Crippen LogP contribution in [0.4, 0.5) is 5.69 Å². The number of hydrogen-bond donors (Lipinski definition) is 0. The molecule has 0 saturated carbocycles. The Kier molecular flexibility index (Phi) is 5.01. The van der Waals surface area contributed by atoms with Crippen LogP contribution in [0.15, 0.2) is 47.5 Å². The lowest BCUT2D eigenvalue weighted by Gasteiger charge is -2.00. The molecule has 6 nitrogen and oxygen atoms in total. The fourth-order valence-electron chi connectivity index (χ4n) is 2.55. The van der Waals surface area contributed by atoms with Crippen molar-refractivity contribution in [2.75, 3.05) is 0 Å². The van der Waals surface area contributed by atoms with Crippen LogP contribution in [0.3, 0.4) is 0 Å². The van der Waals surface area contributed by atoms with Gasteiger partial charge in [0.15, 0.2) is 4.80 Å². The number of carbonyl (C=O) groups excluding carboxylic acids is 1. The summed E-state index contributed by atoms with van der Waals surface area (Å²) < 4.78 is 2.71. The molecular formula is C18H14ClN3O3S. The lowest BCUT2D eigenvalue weighted by Crippen LogP contribution is -2.12. The van der Waals surface area contributed by atoms with E-state index >= 15 is 0 Å². The Balaban J connectivity index is 1.95. The highest BCUT2D eigenvalue weighted by atomic mass is 35.5. The van der Waals surface area contributed by atoms with Crippen LogP contribution in [0, 0.1) is 17.0 Å². The van der Waals surface area contributed by atoms with Crippen LogP contribution in [-0.4, -0.2) is 15.4 Å². The first-order chi connectivity index (χ1) is 12.4. The first kappa shape index (κ1) is 18.0. The van der Waals surface area contributed by atoms with Crippen LogP contribution >= 0.6 is 22.9 Å². The minimum atomic E-state index is -0.479. The van der Waals surface area contributed by atoms with Crippen LogP contribution in [0.5, 0.6) is 0 Å². The summed E-state index contributed by atoms with van der Waals surface area (Å²) in [6.07, 6.45) is 2.79. The van der Waals surface area contributed by atoms with Crippen LogP contribution in [0.25, 0.3) is 16.3 Å². The zero-order chi connectivity index (χ0) is 18.8. The highest BCUT2D eigenvalue weighted by Gasteiger charge is 2.10. The summed E-state index contributed by atoms with van der Waals surface area (Å²) in [4.78, 5) is 27.1. The lowest BCUT2D eigenvalue weighted by molar-refractivity contribution is -0.384. The standard InChI is InChI=1S/C18H14ClN3O3S/c1-11-6-8-14(19)17-16(11)21(2)18(26-17)20-15(23)9-7-12-4-3-5-13(10-12)22(24)25/h3-10H,1-2H3. The van der Waals surface area contributed by atoms with Crippen LogP contribution in [0.1, 0.15) is 11.1 Å². The van der Waals surface area contributed by atoms with Crippen molar-refractivity contribution in [1.29, 1.82) is 0 Å². The molecule has 0 radical (unpaired) electrons. The minimum absolute atomic E-state index is 0.0300. The lowest BCUT2D eigenvalue weighted by atomic mass is 10.2. The number of thiazole rings is 1. The van der Waals surface area contributed by atoms with E-state index in [2.05, 4.69) is 4.99 Å². The third kappa shape index (κ3) is 3.58. The van der Waals surface area contributed by atoms with Gasteiger partial charge in [-0.2, -0.15) is 4.99 Å². The normalized spacial score (nSPS) is 12.2. The van der Waals surface area contributed by atoms with Gasteiger partial charge in [-0.3, -0.25) is 14.9 Å². The third-order valence-electron chi connectivity index (χ3n) is 3.81. The molecule has 26 heavy (non-hydrogen) atoms. The number of aryl methyl sites for hydroxylation is 2. The molecule has 0 aliphatic carbocycles. The molecule has 2 aromatic carbocycles. The third-order valence-corrected chi connectivity index (χ3v) is 5.40. The molecule has 1 amide bonds. The predicted molar refractivity (Wildman–Crippen MR) is 103 cm³/mol. The van der Waals surface area contributed by atoms with Gasteiger partial charge in [0.05, 0.1) is 20.2 Å². The van der Waals surface area contributed by atoms with Crippen molar-refractivity contribution in [3.05, 3.63) is 73.5 Å². The van der Waals surface area contributed by atoms with Crippen LogP contribution in [-0.2, 0) is 11.8 Å². The number of aromatic nitrogens is 1. The smallest absolute Gasteiger partial charge is 0.272 e. The number of nitro groups is 1. The van der Waals surface area contributed by atoms with Crippen molar-refractivity contribution in [3.63, 3.8) is 0 Å². The van der Waals surface area contributed by atoms with Gasteiger partial charge in [-0.1, -0.05) is 41.1 Å². The Morgan fingerprint density at radius 1 is 1.35 bits per heavy atom. The van der Waals surface area contributed by atoms with Gasteiger partial charge in [-0.25, -0.2) is 0 Å². The first-order valence-corrected chi connectivity index (χ1v) is 8.82. The molecule has 3 aromatic rings. The largest absolute Gasteiger partial charge is 0.319 e. The van der Waals surface area contributed by atoms with E-state index in [0.717, 1.165) is 15.8 Å². The van der Waals surface area contributed by atoms with E-state index in [1.807, 2.05) is 30.7 Å². The molecule has 0 saturated heterocycles. The maximum atomic E-state index is 12.2. The Morgan fingerprint density at radius 3 is 2.81 bits per heavy atom. The average Bonchev–Trinajstić information content (AvgIpc) is 2.94. The van der Waals surface area contributed by atoms with E-state index in [1.54, 1.807) is 12.1 Å². The van der Waals surface area contributed by atoms with Gasteiger partial charge in [-0.15, -0.1) is 0 Å². The number of amides is 1. The fraction of sp³-hybridized carbons (Fsp3) is 0.111. The number of rotatable bonds is 3. The molecule has 0 fully saturated rings. The van der Waals surface area contributed by atoms with E-state index in [4.69, 9.17) is 11.6 Å². The second kappa shape index (κ2) is 7.23. The molecule has 0 aliphatic rings. The number of hydrogen-bond acceptors (Lipinski definition) is 4. The molecular weight excluding hydrogens is 374 g/mol. The molecule has 3 rings (SSSR count). The molecule has 132 valence electrons. The number of nitrogens with zero attached hydrogens (tertiary/aromatic N) is 3. The Morgan fingerprint density at radius 2 is 2.12 bits per heavy atom. The number of halogens is 1. The van der Waals surface area contributed by atoms with Crippen LogP contribution < -0.4 is 4.80 Å². The number of non-ortho nitro benzene ring substituents is 1. The monoisotopic (exact) mass is 387 g/mol. The van der Waals surface area contributed by atoms with Crippen molar-refractivity contribution < 1.29 is 9.72 Å². The summed E-state index contributed by atoms with van der Waals surface area (Å²) in [6.45, 7) is 1.97. The summed E-state index contributed by atoms with van der Waals surface area (Å²) >= 11 is 7.58. The summed E-state index contributed by atoms with van der Waals surface area (Å²) in [5.41, 5.74) is 2.51. The topological polar surface area (TPSA) is 77.5 Å². The van der Waals surface area contributed by atoms with Gasteiger partial charge in [-0.05, 0) is 30.2 Å². The van der Waals surface area contributed by atoms with Gasteiger partial charge in [0.2, 0.25) is 0 Å². The molecule has 0 aliphatic heterocycles. The average molecular weight is 388 g/mol. The van der Waals surface area contributed by atoms with Crippen LogP contribution in [0.2, 0.25) is 5.02 Å². The summed E-state index contributed by atoms with van der Waals surface area (Å²) in [6, 6.07) is 9.78. The highest BCUT2D eigenvalue weighted by molar-refractivity contribution is 7.17. The quantitative estimate of drug-likeness (QED) is 0.383. The van der Waals surface area contributed by atoms with Crippen molar-refractivity contribution >= 4 is 50.8 Å². The molecule has 0 spiro atoms. The van der Waals surface area contributed by atoms with E-state index in [9.17, 15) is 14.9 Å². The first-order valence-electron chi connectivity index (χ1n) is 7.62. The number of fused-ring (bicyclic) bond motifs is 1. The van der Waals surface area contributed by atoms with Crippen molar-refractivity contribution in [3.8, 4) is 0 Å². The molecule has 0 unspecified atom stereocenters. The minimum Gasteiger partial charge on any atom is -0.319 e.